The smallest absolute Gasteiger partial charge is 0.129 e. The fourth-order valence-corrected chi connectivity index (χ4v) is 5.56. The summed E-state index contributed by atoms with van der Waals surface area (Å²) in [5, 5.41) is 10.8. The molecular formula is C14H17FO2S. The van der Waals surface area contributed by atoms with Crippen LogP contribution in [0.3, 0.4) is 0 Å². The second-order valence-electron chi connectivity index (χ2n) is 5.42. The van der Waals surface area contributed by atoms with Gasteiger partial charge in [0.05, 0.1) is 5.60 Å². The Kier molecular flexibility index (Phi) is 3.02. The second-order valence-corrected chi connectivity index (χ2v) is 7.41. The van der Waals surface area contributed by atoms with Crippen molar-refractivity contribution in [3.63, 3.8) is 0 Å². The molecule has 2 nitrogen and oxygen atoms in total. The minimum absolute atomic E-state index is 0.0297. The normalized spacial score (nSPS) is 39.6. The lowest BCUT2D eigenvalue weighted by molar-refractivity contribution is 0.00337. The zero-order valence-electron chi connectivity index (χ0n) is 10.1. The summed E-state index contributed by atoms with van der Waals surface area (Å²) in [7, 11) is -0.845. The Morgan fingerprint density at radius 2 is 1.83 bits per heavy atom. The van der Waals surface area contributed by atoms with E-state index >= 15 is 0 Å². The average Bonchev–Trinajstić information content (AvgIpc) is 2.32. The summed E-state index contributed by atoms with van der Waals surface area (Å²) in [5.74, 6) is -0.356. The quantitative estimate of drug-likeness (QED) is 0.849. The SMILES string of the molecule is O=S1C2CCCC1CC(O)(c1ccccc1F)C2. The van der Waals surface area contributed by atoms with Gasteiger partial charge in [-0.15, -0.1) is 0 Å². The van der Waals surface area contributed by atoms with Crippen molar-refractivity contribution in [2.24, 2.45) is 0 Å². The summed E-state index contributed by atoms with van der Waals surface area (Å²) in [6, 6.07) is 6.41. The standard InChI is InChI=1S/C14H17FO2S/c15-13-7-2-1-6-12(13)14(16)8-10-4-3-5-11(9-14)18(10)17/h1-2,6-7,10-11,16H,3-5,8-9H2. The first-order chi connectivity index (χ1) is 8.60. The van der Waals surface area contributed by atoms with Gasteiger partial charge in [-0.3, -0.25) is 4.21 Å². The number of fused-ring (bicyclic) bond motifs is 2. The van der Waals surface area contributed by atoms with Gasteiger partial charge in [-0.1, -0.05) is 24.6 Å². The second kappa shape index (κ2) is 4.42. The predicted octanol–water partition coefficient (Wildman–Crippen LogP) is 2.48. The molecule has 2 heterocycles. The zero-order chi connectivity index (χ0) is 12.8. The van der Waals surface area contributed by atoms with E-state index in [1.807, 2.05) is 0 Å². The lowest BCUT2D eigenvalue weighted by atomic mass is 9.80. The number of halogens is 1. The van der Waals surface area contributed by atoms with Crippen LogP contribution in [0.25, 0.3) is 0 Å². The van der Waals surface area contributed by atoms with Gasteiger partial charge in [0.15, 0.2) is 0 Å². The number of hydrogen-bond acceptors (Lipinski definition) is 2. The van der Waals surface area contributed by atoms with Crippen LogP contribution in [-0.2, 0) is 16.4 Å². The van der Waals surface area contributed by atoms with Crippen LogP contribution in [0.1, 0.15) is 37.7 Å². The summed E-state index contributed by atoms with van der Waals surface area (Å²) >= 11 is 0. The highest BCUT2D eigenvalue weighted by molar-refractivity contribution is 7.86. The summed E-state index contributed by atoms with van der Waals surface area (Å²) in [5.41, 5.74) is -0.756. The molecule has 0 amide bonds. The number of benzene rings is 1. The Hall–Kier alpha value is -0.740. The van der Waals surface area contributed by atoms with Gasteiger partial charge in [-0.2, -0.15) is 0 Å². The molecule has 1 N–H and O–H groups in total. The number of aliphatic hydroxyl groups is 1. The van der Waals surface area contributed by atoms with Crippen LogP contribution in [0.5, 0.6) is 0 Å². The van der Waals surface area contributed by atoms with Crippen molar-refractivity contribution in [3.8, 4) is 0 Å². The lowest BCUT2D eigenvalue weighted by Gasteiger charge is -2.43. The highest BCUT2D eigenvalue weighted by Crippen LogP contribution is 2.44. The van der Waals surface area contributed by atoms with Gasteiger partial charge in [-0.25, -0.2) is 4.39 Å². The van der Waals surface area contributed by atoms with Crippen LogP contribution in [0.4, 0.5) is 4.39 Å². The van der Waals surface area contributed by atoms with E-state index in [0.717, 1.165) is 19.3 Å². The van der Waals surface area contributed by atoms with Crippen LogP contribution in [0.2, 0.25) is 0 Å². The van der Waals surface area contributed by atoms with E-state index in [9.17, 15) is 13.7 Å². The highest BCUT2D eigenvalue weighted by Gasteiger charge is 2.47. The van der Waals surface area contributed by atoms with E-state index in [-0.39, 0.29) is 16.3 Å². The molecule has 0 saturated carbocycles. The molecule has 2 fully saturated rings. The Bertz CT molecular complexity index is 472. The molecule has 2 atom stereocenters. The van der Waals surface area contributed by atoms with Gasteiger partial charge in [0.1, 0.15) is 5.82 Å². The first-order valence-electron chi connectivity index (χ1n) is 6.47. The summed E-state index contributed by atoms with van der Waals surface area (Å²) in [6.45, 7) is 0. The molecule has 4 heteroatoms. The zero-order valence-corrected chi connectivity index (χ0v) is 11.0. The Balaban J connectivity index is 1.97. The molecule has 18 heavy (non-hydrogen) atoms. The average molecular weight is 268 g/mol. The molecule has 2 unspecified atom stereocenters. The monoisotopic (exact) mass is 268 g/mol. The third kappa shape index (κ3) is 1.91. The maximum atomic E-state index is 13.9. The molecule has 1 aromatic carbocycles. The molecule has 2 bridgehead atoms. The van der Waals surface area contributed by atoms with Gasteiger partial charge in [-0.05, 0) is 31.7 Å². The van der Waals surface area contributed by atoms with Crippen LogP contribution in [0.15, 0.2) is 24.3 Å². The first kappa shape index (κ1) is 12.3. The number of hydrogen-bond donors (Lipinski definition) is 1. The minimum Gasteiger partial charge on any atom is -0.385 e. The Morgan fingerprint density at radius 1 is 1.22 bits per heavy atom. The van der Waals surface area contributed by atoms with Gasteiger partial charge in [0.2, 0.25) is 0 Å². The molecule has 0 aliphatic carbocycles. The summed E-state index contributed by atoms with van der Waals surface area (Å²) in [4.78, 5) is 0. The molecule has 0 radical (unpaired) electrons. The predicted molar refractivity (Wildman–Crippen MR) is 69.1 cm³/mol. The Labute approximate surface area is 109 Å². The summed E-state index contributed by atoms with van der Waals surface area (Å²) < 4.78 is 26.0. The van der Waals surface area contributed by atoms with Gasteiger partial charge >= 0.3 is 0 Å². The van der Waals surface area contributed by atoms with Gasteiger partial charge < -0.3 is 5.11 Å². The van der Waals surface area contributed by atoms with Crippen LogP contribution in [-0.4, -0.2) is 19.8 Å². The molecular weight excluding hydrogens is 251 g/mol. The van der Waals surface area contributed by atoms with Crippen LogP contribution < -0.4 is 0 Å². The molecule has 0 aromatic heterocycles. The summed E-state index contributed by atoms with van der Waals surface area (Å²) in [6.07, 6.45) is 3.71. The molecule has 3 rings (SSSR count). The van der Waals surface area contributed by atoms with Crippen LogP contribution >= 0.6 is 0 Å². The Morgan fingerprint density at radius 3 is 2.44 bits per heavy atom. The molecule has 98 valence electrons. The third-order valence-electron chi connectivity index (χ3n) is 4.22. The fourth-order valence-electron chi connectivity index (χ4n) is 3.34. The van der Waals surface area contributed by atoms with E-state index in [4.69, 9.17) is 0 Å². The van der Waals surface area contributed by atoms with Crippen molar-refractivity contribution < 1.29 is 13.7 Å². The van der Waals surface area contributed by atoms with E-state index in [1.165, 1.54) is 6.07 Å². The van der Waals surface area contributed by atoms with Crippen LogP contribution in [0, 0.1) is 5.82 Å². The number of rotatable bonds is 1. The van der Waals surface area contributed by atoms with Crippen molar-refractivity contribution >= 4 is 10.8 Å². The highest BCUT2D eigenvalue weighted by atomic mass is 32.2. The first-order valence-corrected chi connectivity index (χ1v) is 7.74. The molecule has 2 saturated heterocycles. The van der Waals surface area contributed by atoms with Crippen molar-refractivity contribution in [2.75, 3.05) is 0 Å². The third-order valence-corrected chi connectivity index (χ3v) is 6.33. The minimum atomic E-state index is -1.13. The van der Waals surface area contributed by atoms with Crippen molar-refractivity contribution in [1.29, 1.82) is 0 Å². The van der Waals surface area contributed by atoms with Gasteiger partial charge in [0, 0.05) is 26.9 Å². The fraction of sp³-hybridized carbons (Fsp3) is 0.571. The van der Waals surface area contributed by atoms with E-state index in [0.29, 0.717) is 18.4 Å². The van der Waals surface area contributed by atoms with Crippen molar-refractivity contribution in [3.05, 3.63) is 35.6 Å². The largest absolute Gasteiger partial charge is 0.385 e. The molecule has 0 spiro atoms. The maximum Gasteiger partial charge on any atom is 0.129 e. The van der Waals surface area contributed by atoms with E-state index in [1.54, 1.807) is 18.2 Å². The van der Waals surface area contributed by atoms with E-state index in [2.05, 4.69) is 0 Å². The van der Waals surface area contributed by atoms with Crippen molar-refractivity contribution in [1.82, 2.24) is 0 Å². The van der Waals surface area contributed by atoms with Gasteiger partial charge in [0.25, 0.3) is 0 Å². The molecule has 2 aliphatic rings. The topological polar surface area (TPSA) is 37.3 Å². The lowest BCUT2D eigenvalue weighted by Crippen LogP contribution is -2.47. The van der Waals surface area contributed by atoms with Crippen molar-refractivity contribution in [2.45, 2.75) is 48.2 Å². The van der Waals surface area contributed by atoms with E-state index < -0.39 is 16.4 Å². The molecule has 1 aromatic rings. The molecule has 2 aliphatic heterocycles. The maximum absolute atomic E-state index is 13.9.